The molecule has 0 radical (unpaired) electrons. The van der Waals surface area contributed by atoms with E-state index in [1.807, 2.05) is 0 Å². The van der Waals surface area contributed by atoms with Crippen LogP contribution in [-0.2, 0) is 0 Å². The minimum Gasteiger partial charge on any atom is -0.314 e. The fraction of sp³-hybridized carbons (Fsp3) is 0.875. The Morgan fingerprint density at radius 2 is 2.00 bits per heavy atom. The van der Waals surface area contributed by atoms with Gasteiger partial charge in [-0.1, -0.05) is 13.8 Å². The Labute approximate surface area is 56.9 Å². The highest BCUT2D eigenvalue weighted by Gasteiger charge is 2.35. The molecule has 0 aliphatic heterocycles. The summed E-state index contributed by atoms with van der Waals surface area (Å²) < 4.78 is 0. The summed E-state index contributed by atoms with van der Waals surface area (Å²) in [5.74, 6) is 1.65. The van der Waals surface area contributed by atoms with Gasteiger partial charge in [-0.05, 0) is 11.8 Å². The lowest BCUT2D eigenvalue weighted by atomic mass is 9.74. The molecule has 1 fully saturated rings. The number of nitrogens with zero attached hydrogens (tertiary/aromatic N) is 1. The van der Waals surface area contributed by atoms with Gasteiger partial charge >= 0.3 is 0 Å². The molecule has 0 aromatic rings. The lowest BCUT2D eigenvalue weighted by Gasteiger charge is -2.29. The zero-order valence-corrected chi connectivity index (χ0v) is 6.09. The first kappa shape index (κ1) is 6.61. The zero-order valence-electron chi connectivity index (χ0n) is 6.09. The van der Waals surface area contributed by atoms with Crippen LogP contribution in [0.15, 0.2) is 0 Å². The van der Waals surface area contributed by atoms with Gasteiger partial charge in [0.1, 0.15) is 0 Å². The highest BCUT2D eigenvalue weighted by atomic mass is 14.7. The minimum atomic E-state index is 0.373. The van der Waals surface area contributed by atoms with Gasteiger partial charge in [-0.15, -0.1) is 0 Å². The van der Waals surface area contributed by atoms with Crippen molar-refractivity contribution in [3.63, 3.8) is 0 Å². The smallest absolute Gasteiger partial charge is 0.224 e. The molecule has 0 unspecified atom stereocenters. The number of hydrogen-bond acceptors (Lipinski definition) is 0. The van der Waals surface area contributed by atoms with Crippen molar-refractivity contribution in [1.29, 1.82) is 0 Å². The van der Waals surface area contributed by atoms with E-state index in [1.54, 1.807) is 0 Å². The zero-order chi connectivity index (χ0) is 6.85. The van der Waals surface area contributed by atoms with Crippen molar-refractivity contribution in [2.45, 2.75) is 32.7 Å². The maximum atomic E-state index is 6.72. The second kappa shape index (κ2) is 2.39. The Balaban J connectivity index is 2.21. The summed E-state index contributed by atoms with van der Waals surface area (Å²) in [6, 6.07) is 0.373. The van der Waals surface area contributed by atoms with Gasteiger partial charge < -0.3 is 4.85 Å². The molecule has 0 N–H and O–H groups in total. The lowest BCUT2D eigenvalue weighted by Crippen LogP contribution is -2.29. The second-order valence-electron chi connectivity index (χ2n) is 3.26. The van der Waals surface area contributed by atoms with E-state index in [-0.39, 0.29) is 0 Å². The maximum Gasteiger partial charge on any atom is 0.224 e. The fourth-order valence-corrected chi connectivity index (χ4v) is 1.28. The van der Waals surface area contributed by atoms with E-state index in [4.69, 9.17) is 6.57 Å². The topological polar surface area (TPSA) is 4.36 Å². The molecule has 0 heterocycles. The van der Waals surface area contributed by atoms with E-state index in [0.29, 0.717) is 6.04 Å². The van der Waals surface area contributed by atoms with Crippen LogP contribution in [0.1, 0.15) is 26.7 Å². The maximum absolute atomic E-state index is 6.72. The monoisotopic (exact) mass is 123 g/mol. The van der Waals surface area contributed by atoms with Gasteiger partial charge in [-0.3, -0.25) is 0 Å². The predicted molar refractivity (Wildman–Crippen MR) is 38.0 cm³/mol. The Hall–Kier alpha value is -0.510. The Morgan fingerprint density at radius 3 is 2.33 bits per heavy atom. The minimum absolute atomic E-state index is 0.373. The molecule has 0 spiro atoms. The molecule has 0 aromatic carbocycles. The van der Waals surface area contributed by atoms with Crippen molar-refractivity contribution in [3.05, 3.63) is 11.4 Å². The molecule has 50 valence electrons. The van der Waals surface area contributed by atoms with Crippen molar-refractivity contribution in [2.75, 3.05) is 0 Å². The molecule has 0 saturated heterocycles. The van der Waals surface area contributed by atoms with E-state index < -0.39 is 0 Å². The van der Waals surface area contributed by atoms with Crippen LogP contribution in [0.4, 0.5) is 0 Å². The van der Waals surface area contributed by atoms with Gasteiger partial charge in [0.2, 0.25) is 6.04 Å². The van der Waals surface area contributed by atoms with Crippen LogP contribution in [0.25, 0.3) is 4.85 Å². The van der Waals surface area contributed by atoms with Crippen LogP contribution in [0.3, 0.4) is 0 Å². The Morgan fingerprint density at radius 1 is 1.44 bits per heavy atom. The predicted octanol–water partition coefficient (Wildman–Crippen LogP) is 2.34. The molecule has 0 bridgehead atoms. The second-order valence-corrected chi connectivity index (χ2v) is 3.26. The molecule has 0 amide bonds. The van der Waals surface area contributed by atoms with Gasteiger partial charge in [-0.25, -0.2) is 6.57 Å². The third kappa shape index (κ3) is 1.24. The molecular weight excluding hydrogens is 110 g/mol. The molecule has 1 saturated carbocycles. The van der Waals surface area contributed by atoms with Crippen molar-refractivity contribution in [2.24, 2.45) is 11.8 Å². The normalized spacial score (nSPS) is 33.6. The average Bonchev–Trinajstić information content (AvgIpc) is 1.61. The van der Waals surface area contributed by atoms with Crippen molar-refractivity contribution in [1.82, 2.24) is 0 Å². The van der Waals surface area contributed by atoms with E-state index >= 15 is 0 Å². The first-order valence-corrected chi connectivity index (χ1v) is 3.60. The van der Waals surface area contributed by atoms with Gasteiger partial charge in [0.05, 0.1) is 0 Å². The largest absolute Gasteiger partial charge is 0.314 e. The highest BCUT2D eigenvalue weighted by molar-refractivity contribution is 4.93. The van der Waals surface area contributed by atoms with Crippen LogP contribution < -0.4 is 0 Å². The summed E-state index contributed by atoms with van der Waals surface area (Å²) in [7, 11) is 0. The summed E-state index contributed by atoms with van der Waals surface area (Å²) in [6.07, 6.45) is 2.31. The molecule has 0 atom stereocenters. The van der Waals surface area contributed by atoms with Gasteiger partial charge in [0.15, 0.2) is 0 Å². The van der Waals surface area contributed by atoms with Crippen LogP contribution in [0.5, 0.6) is 0 Å². The molecule has 9 heavy (non-hydrogen) atoms. The summed E-state index contributed by atoms with van der Waals surface area (Å²) in [4.78, 5) is 3.48. The summed E-state index contributed by atoms with van der Waals surface area (Å²) in [6.45, 7) is 11.2. The molecule has 1 heteroatoms. The molecule has 1 rings (SSSR count). The number of rotatable bonds is 1. The van der Waals surface area contributed by atoms with Crippen molar-refractivity contribution >= 4 is 0 Å². The third-order valence-electron chi connectivity index (χ3n) is 2.28. The summed E-state index contributed by atoms with van der Waals surface area (Å²) in [5.41, 5.74) is 0. The summed E-state index contributed by atoms with van der Waals surface area (Å²) in [5, 5.41) is 0. The van der Waals surface area contributed by atoms with Crippen LogP contribution in [0, 0.1) is 18.4 Å². The molecular formula is C8H13N. The first-order valence-electron chi connectivity index (χ1n) is 3.60. The van der Waals surface area contributed by atoms with Gasteiger partial charge in [0, 0.05) is 12.8 Å². The van der Waals surface area contributed by atoms with Crippen molar-refractivity contribution in [3.8, 4) is 0 Å². The van der Waals surface area contributed by atoms with Crippen LogP contribution in [0.2, 0.25) is 0 Å². The first-order chi connectivity index (χ1) is 4.24. The summed E-state index contributed by atoms with van der Waals surface area (Å²) >= 11 is 0. The molecule has 1 aliphatic carbocycles. The SMILES string of the molecule is [C-]#[N+]C1CC(C(C)C)C1. The molecule has 0 aromatic heterocycles. The van der Waals surface area contributed by atoms with Crippen molar-refractivity contribution < 1.29 is 0 Å². The standard InChI is InChI=1S/C8H13N/c1-6(2)7-4-8(5-7)9-3/h6-8H,4-5H2,1-2H3. The Kier molecular flexibility index (Phi) is 1.75. The molecule has 1 aliphatic rings. The van der Waals surface area contributed by atoms with E-state index in [1.165, 1.54) is 0 Å². The number of hydrogen-bond donors (Lipinski definition) is 0. The molecule has 1 nitrogen and oxygen atoms in total. The van der Waals surface area contributed by atoms with Crippen LogP contribution >= 0.6 is 0 Å². The highest BCUT2D eigenvalue weighted by Crippen LogP contribution is 2.35. The van der Waals surface area contributed by atoms with Gasteiger partial charge in [0.25, 0.3) is 0 Å². The van der Waals surface area contributed by atoms with E-state index in [9.17, 15) is 0 Å². The third-order valence-corrected chi connectivity index (χ3v) is 2.28. The Bertz CT molecular complexity index is 126. The average molecular weight is 123 g/mol. The van der Waals surface area contributed by atoms with Crippen LogP contribution in [-0.4, -0.2) is 6.04 Å². The fourth-order valence-electron chi connectivity index (χ4n) is 1.28. The van der Waals surface area contributed by atoms with E-state index in [2.05, 4.69) is 18.7 Å². The lowest BCUT2D eigenvalue weighted by molar-refractivity contribution is 0.222. The van der Waals surface area contributed by atoms with E-state index in [0.717, 1.165) is 24.7 Å². The van der Waals surface area contributed by atoms with Gasteiger partial charge in [-0.2, -0.15) is 0 Å². The quantitative estimate of drug-likeness (QED) is 0.471.